The molecule has 0 aromatic carbocycles. The van der Waals surface area contributed by atoms with Gasteiger partial charge in [0.2, 0.25) is 0 Å². The summed E-state index contributed by atoms with van der Waals surface area (Å²) >= 11 is 0. The molecule has 0 unspecified atom stereocenters. The maximum atomic E-state index is 4.68. The lowest BCUT2D eigenvalue weighted by atomic mass is 9.96. The highest BCUT2D eigenvalue weighted by molar-refractivity contribution is 5.86. The van der Waals surface area contributed by atoms with E-state index in [0.717, 1.165) is 29.4 Å². The smallest absolute Gasteiger partial charge is 0.191 e. The Kier molecular flexibility index (Phi) is 6.03. The normalized spacial score (nSPS) is 16.2. The first-order chi connectivity index (χ1) is 12.3. The van der Waals surface area contributed by atoms with E-state index in [4.69, 9.17) is 0 Å². The molecule has 25 heavy (non-hydrogen) atoms. The number of fused-ring (bicyclic) bond motifs is 1. The van der Waals surface area contributed by atoms with Crippen molar-refractivity contribution in [1.29, 1.82) is 0 Å². The van der Waals surface area contributed by atoms with Gasteiger partial charge in [0.15, 0.2) is 11.6 Å². The number of aliphatic imine (C=N–C) groups is 1. The van der Waals surface area contributed by atoms with Crippen molar-refractivity contribution in [2.75, 3.05) is 25.0 Å². The highest BCUT2D eigenvalue weighted by Crippen LogP contribution is 2.18. The Morgan fingerprint density at radius 2 is 2.12 bits per heavy atom. The summed E-state index contributed by atoms with van der Waals surface area (Å²) in [6.45, 7) is 4.35. The van der Waals surface area contributed by atoms with Crippen LogP contribution in [0.5, 0.6) is 0 Å². The molecular weight excluding hydrogens is 316 g/mol. The molecule has 0 radical (unpaired) electrons. The lowest BCUT2D eigenvalue weighted by Crippen LogP contribution is -2.44. The van der Waals surface area contributed by atoms with Gasteiger partial charge in [-0.3, -0.25) is 9.67 Å². The Hall–Kier alpha value is -2.38. The lowest BCUT2D eigenvalue weighted by molar-refractivity contribution is 0.410. The van der Waals surface area contributed by atoms with E-state index >= 15 is 0 Å². The number of aryl methyl sites for hydroxylation is 1. The van der Waals surface area contributed by atoms with Gasteiger partial charge >= 0.3 is 0 Å². The molecule has 1 aliphatic carbocycles. The Morgan fingerprint density at radius 3 is 2.92 bits per heavy atom. The summed E-state index contributed by atoms with van der Waals surface area (Å²) in [5, 5.41) is 15.4. The van der Waals surface area contributed by atoms with Gasteiger partial charge in [0.05, 0.1) is 18.1 Å². The van der Waals surface area contributed by atoms with Gasteiger partial charge in [-0.05, 0) is 19.8 Å². The molecule has 3 N–H and O–H groups in total. The van der Waals surface area contributed by atoms with Gasteiger partial charge in [0.1, 0.15) is 12.1 Å². The first-order valence-corrected chi connectivity index (χ1v) is 9.19. The molecule has 1 saturated carbocycles. The molecule has 2 heterocycles. The average Bonchev–Trinajstić information content (AvgIpc) is 3.02. The zero-order valence-electron chi connectivity index (χ0n) is 15.1. The van der Waals surface area contributed by atoms with Crippen molar-refractivity contribution in [2.24, 2.45) is 12.0 Å². The van der Waals surface area contributed by atoms with Crippen molar-refractivity contribution in [3.63, 3.8) is 0 Å². The third kappa shape index (κ3) is 4.58. The fourth-order valence-corrected chi connectivity index (χ4v) is 3.21. The molecule has 3 rings (SSSR count). The molecule has 0 spiro atoms. The van der Waals surface area contributed by atoms with E-state index in [1.165, 1.54) is 32.1 Å². The average molecular weight is 344 g/mol. The highest BCUT2D eigenvalue weighted by atomic mass is 15.3. The monoisotopic (exact) mass is 344 g/mol. The third-order valence-electron chi connectivity index (χ3n) is 4.49. The molecule has 2 aromatic rings. The lowest BCUT2D eigenvalue weighted by Gasteiger charge is -2.24. The summed E-state index contributed by atoms with van der Waals surface area (Å²) in [4.78, 5) is 13.2. The van der Waals surface area contributed by atoms with Crippen LogP contribution in [-0.4, -0.2) is 51.4 Å². The molecule has 2 aromatic heterocycles. The van der Waals surface area contributed by atoms with Crippen LogP contribution < -0.4 is 16.0 Å². The van der Waals surface area contributed by atoms with Gasteiger partial charge in [-0.1, -0.05) is 19.3 Å². The Labute approximate surface area is 148 Å². The standard InChI is InChI=1S/C17H28N8/c1-3-18-17(24-13-7-5-4-6-8-13)20-10-9-19-15-14-11-23-25(2)16(14)22-12-21-15/h11-13H,3-10H2,1-2H3,(H2,18,20,24)(H,19,21,22). The van der Waals surface area contributed by atoms with Gasteiger partial charge < -0.3 is 16.0 Å². The molecule has 1 aliphatic rings. The van der Waals surface area contributed by atoms with E-state index in [1.54, 1.807) is 17.2 Å². The first-order valence-electron chi connectivity index (χ1n) is 9.19. The van der Waals surface area contributed by atoms with Crippen molar-refractivity contribution in [2.45, 2.75) is 45.1 Å². The minimum atomic E-state index is 0.552. The van der Waals surface area contributed by atoms with Gasteiger partial charge in [-0.15, -0.1) is 0 Å². The number of guanidine groups is 1. The fourth-order valence-electron chi connectivity index (χ4n) is 3.21. The van der Waals surface area contributed by atoms with E-state index in [-0.39, 0.29) is 0 Å². The number of rotatable bonds is 6. The summed E-state index contributed by atoms with van der Waals surface area (Å²) < 4.78 is 1.75. The Bertz CT molecular complexity index is 702. The zero-order chi connectivity index (χ0) is 17.5. The Morgan fingerprint density at radius 1 is 1.28 bits per heavy atom. The Balaban J connectivity index is 1.54. The van der Waals surface area contributed by atoms with E-state index in [9.17, 15) is 0 Å². The first kappa shape index (κ1) is 17.4. The topological polar surface area (TPSA) is 92.1 Å². The van der Waals surface area contributed by atoms with E-state index in [1.807, 2.05) is 7.05 Å². The van der Waals surface area contributed by atoms with Crippen LogP contribution in [0.4, 0.5) is 5.82 Å². The number of hydrogen-bond acceptors (Lipinski definition) is 5. The minimum absolute atomic E-state index is 0.552. The molecule has 136 valence electrons. The van der Waals surface area contributed by atoms with Crippen molar-refractivity contribution >= 4 is 22.8 Å². The van der Waals surface area contributed by atoms with E-state index in [2.05, 4.69) is 42.9 Å². The maximum absolute atomic E-state index is 4.68. The van der Waals surface area contributed by atoms with Crippen LogP contribution in [-0.2, 0) is 7.05 Å². The van der Waals surface area contributed by atoms with Crippen LogP contribution in [0.1, 0.15) is 39.0 Å². The summed E-state index contributed by atoms with van der Waals surface area (Å²) in [7, 11) is 1.88. The van der Waals surface area contributed by atoms with Crippen LogP contribution in [0.2, 0.25) is 0 Å². The van der Waals surface area contributed by atoms with Crippen molar-refractivity contribution in [3.8, 4) is 0 Å². The molecule has 0 saturated heterocycles. The van der Waals surface area contributed by atoms with Crippen LogP contribution >= 0.6 is 0 Å². The largest absolute Gasteiger partial charge is 0.367 e. The highest BCUT2D eigenvalue weighted by Gasteiger charge is 2.14. The van der Waals surface area contributed by atoms with Crippen molar-refractivity contribution in [1.82, 2.24) is 30.4 Å². The maximum Gasteiger partial charge on any atom is 0.191 e. The van der Waals surface area contributed by atoms with E-state index in [0.29, 0.717) is 19.1 Å². The van der Waals surface area contributed by atoms with Crippen molar-refractivity contribution < 1.29 is 0 Å². The molecule has 8 nitrogen and oxygen atoms in total. The summed E-state index contributed by atoms with van der Waals surface area (Å²) in [5.41, 5.74) is 0.827. The van der Waals surface area contributed by atoms with E-state index < -0.39 is 0 Å². The van der Waals surface area contributed by atoms with Gasteiger partial charge in [-0.2, -0.15) is 5.10 Å². The SMILES string of the molecule is CCNC(=NCCNc1ncnc2c1cnn2C)NC1CCCCC1. The number of nitrogens with zero attached hydrogens (tertiary/aromatic N) is 5. The minimum Gasteiger partial charge on any atom is -0.367 e. The molecule has 1 fully saturated rings. The van der Waals surface area contributed by atoms with Gasteiger partial charge in [-0.25, -0.2) is 9.97 Å². The summed E-state index contributed by atoms with van der Waals surface area (Å²) in [5.74, 6) is 1.71. The molecule has 8 heteroatoms. The second-order valence-electron chi connectivity index (χ2n) is 6.39. The third-order valence-corrected chi connectivity index (χ3v) is 4.49. The van der Waals surface area contributed by atoms with Crippen LogP contribution in [0.15, 0.2) is 17.5 Å². The van der Waals surface area contributed by atoms with Crippen LogP contribution in [0, 0.1) is 0 Å². The zero-order valence-corrected chi connectivity index (χ0v) is 15.1. The van der Waals surface area contributed by atoms with Crippen molar-refractivity contribution in [3.05, 3.63) is 12.5 Å². The fraction of sp³-hybridized carbons (Fsp3) is 0.647. The molecule has 0 bridgehead atoms. The van der Waals surface area contributed by atoms with Crippen LogP contribution in [0.3, 0.4) is 0 Å². The molecule has 0 amide bonds. The van der Waals surface area contributed by atoms with Gasteiger partial charge in [0.25, 0.3) is 0 Å². The predicted molar refractivity (Wildman–Crippen MR) is 101 cm³/mol. The summed E-state index contributed by atoms with van der Waals surface area (Å²) in [6, 6.07) is 0.552. The quantitative estimate of drug-likeness (QED) is 0.419. The number of anilines is 1. The second kappa shape index (κ2) is 8.64. The molecular formula is C17H28N8. The number of aromatic nitrogens is 4. The molecule has 0 aliphatic heterocycles. The van der Waals surface area contributed by atoms with Gasteiger partial charge in [0, 0.05) is 26.2 Å². The number of nitrogens with one attached hydrogen (secondary N) is 3. The predicted octanol–water partition coefficient (Wildman–Crippen LogP) is 1.66. The second-order valence-corrected chi connectivity index (χ2v) is 6.39. The molecule has 0 atom stereocenters. The van der Waals surface area contributed by atoms with Crippen LogP contribution in [0.25, 0.3) is 11.0 Å². The number of hydrogen-bond donors (Lipinski definition) is 3. The summed E-state index contributed by atoms with van der Waals surface area (Å²) in [6.07, 6.45) is 9.81.